The summed E-state index contributed by atoms with van der Waals surface area (Å²) < 4.78 is 31.6. The first kappa shape index (κ1) is 17.8. The van der Waals surface area contributed by atoms with E-state index in [0.29, 0.717) is 0 Å². The second-order valence-corrected chi connectivity index (χ2v) is 5.42. The lowest BCUT2D eigenvalue weighted by molar-refractivity contribution is 0.111. The van der Waals surface area contributed by atoms with Crippen LogP contribution in [-0.4, -0.2) is 65.4 Å². The number of hydrogen-bond acceptors (Lipinski definition) is 6. The van der Waals surface area contributed by atoms with Gasteiger partial charge in [-0.05, 0) is 17.7 Å². The van der Waals surface area contributed by atoms with Crippen molar-refractivity contribution in [2.24, 2.45) is 0 Å². The standard InChI is InChI=1S/C12H18N2O2.H2O4S/c15-9-12(14-7-5-13-6-8-14)10-1-3-11(16)4-2-10;1-5(2,3)4/h1-4,12-13,15-16H,5-9H2;(H2,1,2,3,4). The normalized spacial score (nSPS) is 17.7. The maximum atomic E-state index is 9.48. The predicted octanol–water partition coefficient (Wildman–Crippen LogP) is -0.322. The average molecular weight is 320 g/mol. The van der Waals surface area contributed by atoms with Crippen molar-refractivity contribution >= 4 is 10.4 Å². The molecule has 0 aliphatic carbocycles. The SMILES string of the molecule is O=S(=O)(O)O.OCC(c1ccc(O)cc1)N1CCNCC1. The van der Waals surface area contributed by atoms with Gasteiger partial charge in [-0.25, -0.2) is 0 Å². The van der Waals surface area contributed by atoms with Crippen molar-refractivity contribution in [2.45, 2.75) is 6.04 Å². The van der Waals surface area contributed by atoms with Gasteiger partial charge in [0, 0.05) is 26.2 Å². The molecule has 1 unspecified atom stereocenters. The Morgan fingerprint density at radius 1 is 1.14 bits per heavy atom. The van der Waals surface area contributed by atoms with E-state index in [4.69, 9.17) is 17.5 Å². The largest absolute Gasteiger partial charge is 0.508 e. The third-order valence-corrected chi connectivity index (χ3v) is 3.04. The highest BCUT2D eigenvalue weighted by atomic mass is 32.3. The highest BCUT2D eigenvalue weighted by Crippen LogP contribution is 2.22. The Morgan fingerprint density at radius 2 is 1.62 bits per heavy atom. The number of piperazine rings is 1. The van der Waals surface area contributed by atoms with E-state index in [1.54, 1.807) is 12.1 Å². The van der Waals surface area contributed by atoms with Crippen molar-refractivity contribution in [1.29, 1.82) is 0 Å². The molecule has 1 atom stereocenters. The van der Waals surface area contributed by atoms with Crippen molar-refractivity contribution in [3.8, 4) is 5.75 Å². The van der Waals surface area contributed by atoms with Crippen molar-refractivity contribution in [3.63, 3.8) is 0 Å². The number of benzene rings is 1. The number of phenols is 1. The molecule has 0 radical (unpaired) electrons. The minimum atomic E-state index is -4.67. The Hall–Kier alpha value is -1.23. The lowest BCUT2D eigenvalue weighted by Crippen LogP contribution is -2.46. The molecule has 8 nitrogen and oxygen atoms in total. The van der Waals surface area contributed by atoms with Crippen molar-refractivity contribution < 1.29 is 27.7 Å². The Bertz CT molecular complexity index is 505. The van der Waals surface area contributed by atoms with Crippen LogP contribution in [0.2, 0.25) is 0 Å². The van der Waals surface area contributed by atoms with Crippen LogP contribution in [0.5, 0.6) is 5.75 Å². The highest BCUT2D eigenvalue weighted by Gasteiger charge is 2.21. The third kappa shape index (κ3) is 7.37. The van der Waals surface area contributed by atoms with E-state index in [0.717, 1.165) is 31.7 Å². The van der Waals surface area contributed by atoms with Gasteiger partial charge in [0.2, 0.25) is 0 Å². The highest BCUT2D eigenvalue weighted by molar-refractivity contribution is 7.79. The van der Waals surface area contributed by atoms with Crippen LogP contribution in [0, 0.1) is 0 Å². The molecule has 1 aromatic rings. The predicted molar refractivity (Wildman–Crippen MR) is 76.6 cm³/mol. The molecule has 1 aliphatic heterocycles. The van der Waals surface area contributed by atoms with Crippen LogP contribution in [0.3, 0.4) is 0 Å². The molecule has 0 aromatic heterocycles. The summed E-state index contributed by atoms with van der Waals surface area (Å²) in [4.78, 5) is 2.27. The fourth-order valence-electron chi connectivity index (χ4n) is 2.12. The first-order valence-electron chi connectivity index (χ1n) is 6.35. The van der Waals surface area contributed by atoms with Gasteiger partial charge in [0.05, 0.1) is 12.6 Å². The molecule has 21 heavy (non-hydrogen) atoms. The zero-order valence-corrected chi connectivity index (χ0v) is 12.2. The Balaban J connectivity index is 0.000000383. The van der Waals surface area contributed by atoms with Crippen LogP contribution in [0.4, 0.5) is 0 Å². The van der Waals surface area contributed by atoms with E-state index >= 15 is 0 Å². The van der Waals surface area contributed by atoms with Crippen molar-refractivity contribution in [1.82, 2.24) is 10.2 Å². The number of aromatic hydroxyl groups is 1. The van der Waals surface area contributed by atoms with Crippen LogP contribution >= 0.6 is 0 Å². The summed E-state index contributed by atoms with van der Waals surface area (Å²) in [5.74, 6) is 0.265. The zero-order chi connectivity index (χ0) is 15.9. The fraction of sp³-hybridized carbons (Fsp3) is 0.500. The Kier molecular flexibility index (Phi) is 7.02. The van der Waals surface area contributed by atoms with Crippen LogP contribution in [0.15, 0.2) is 24.3 Å². The molecule has 0 spiro atoms. The first-order chi connectivity index (χ1) is 9.81. The van der Waals surface area contributed by atoms with Gasteiger partial charge in [-0.15, -0.1) is 0 Å². The maximum absolute atomic E-state index is 9.48. The van der Waals surface area contributed by atoms with Crippen LogP contribution in [0.1, 0.15) is 11.6 Å². The summed E-state index contributed by atoms with van der Waals surface area (Å²) in [5, 5.41) is 22.0. The quantitative estimate of drug-likeness (QED) is 0.479. The van der Waals surface area contributed by atoms with Gasteiger partial charge in [0.25, 0.3) is 0 Å². The molecule has 0 bridgehead atoms. The Labute approximate surface area is 123 Å². The van der Waals surface area contributed by atoms with E-state index in [9.17, 15) is 10.2 Å². The lowest BCUT2D eigenvalue weighted by atomic mass is 10.1. The van der Waals surface area contributed by atoms with Gasteiger partial charge in [-0.1, -0.05) is 12.1 Å². The molecular formula is C12H20N2O6S. The van der Waals surface area contributed by atoms with E-state index in [-0.39, 0.29) is 18.4 Å². The average Bonchev–Trinajstić information content (AvgIpc) is 2.41. The molecule has 1 aromatic carbocycles. The van der Waals surface area contributed by atoms with Crippen molar-refractivity contribution in [3.05, 3.63) is 29.8 Å². The number of hydrogen-bond donors (Lipinski definition) is 5. The summed E-state index contributed by atoms with van der Waals surface area (Å²) in [6.45, 7) is 3.95. The molecule has 0 amide bonds. The van der Waals surface area contributed by atoms with Gasteiger partial charge < -0.3 is 15.5 Å². The third-order valence-electron chi connectivity index (χ3n) is 3.04. The van der Waals surface area contributed by atoms with E-state index in [1.807, 2.05) is 12.1 Å². The topological polar surface area (TPSA) is 130 Å². The van der Waals surface area contributed by atoms with Gasteiger partial charge >= 0.3 is 10.4 Å². The molecule has 120 valence electrons. The lowest BCUT2D eigenvalue weighted by Gasteiger charge is -2.34. The van der Waals surface area contributed by atoms with Crippen LogP contribution < -0.4 is 5.32 Å². The maximum Gasteiger partial charge on any atom is 0.394 e. The first-order valence-corrected chi connectivity index (χ1v) is 7.75. The second kappa shape index (κ2) is 8.27. The monoisotopic (exact) mass is 320 g/mol. The van der Waals surface area contributed by atoms with Gasteiger partial charge in [-0.3, -0.25) is 14.0 Å². The zero-order valence-electron chi connectivity index (χ0n) is 11.4. The smallest absolute Gasteiger partial charge is 0.394 e. The molecule has 9 heteroatoms. The molecule has 5 N–H and O–H groups in total. The molecule has 1 fully saturated rings. The van der Waals surface area contributed by atoms with Crippen molar-refractivity contribution in [2.75, 3.05) is 32.8 Å². The summed E-state index contributed by atoms with van der Waals surface area (Å²) in [6.07, 6.45) is 0. The number of nitrogens with one attached hydrogen (secondary N) is 1. The summed E-state index contributed by atoms with van der Waals surface area (Å²) in [5.41, 5.74) is 1.06. The Morgan fingerprint density at radius 3 is 2.05 bits per heavy atom. The van der Waals surface area contributed by atoms with E-state index < -0.39 is 10.4 Å². The summed E-state index contributed by atoms with van der Waals surface area (Å²) in [6, 6.07) is 7.12. The van der Waals surface area contributed by atoms with E-state index in [2.05, 4.69) is 10.2 Å². The van der Waals surface area contributed by atoms with Crippen LogP contribution in [0.25, 0.3) is 0 Å². The molecule has 2 rings (SSSR count). The number of nitrogens with zero attached hydrogens (tertiary/aromatic N) is 1. The van der Waals surface area contributed by atoms with Crippen LogP contribution in [-0.2, 0) is 10.4 Å². The minimum Gasteiger partial charge on any atom is -0.508 e. The molecule has 1 aliphatic rings. The van der Waals surface area contributed by atoms with Gasteiger partial charge in [0.15, 0.2) is 0 Å². The molecule has 0 saturated carbocycles. The second-order valence-electron chi connectivity index (χ2n) is 4.52. The molecular weight excluding hydrogens is 300 g/mol. The number of aliphatic hydroxyl groups is 1. The molecule has 1 heterocycles. The van der Waals surface area contributed by atoms with Gasteiger partial charge in [-0.2, -0.15) is 8.42 Å². The fourth-order valence-corrected chi connectivity index (χ4v) is 2.12. The number of rotatable bonds is 3. The van der Waals surface area contributed by atoms with Gasteiger partial charge in [0.1, 0.15) is 5.75 Å². The molecule has 1 saturated heterocycles. The number of aliphatic hydroxyl groups excluding tert-OH is 1. The minimum absolute atomic E-state index is 0.0442. The summed E-state index contributed by atoms with van der Waals surface area (Å²) in [7, 11) is -4.67. The summed E-state index contributed by atoms with van der Waals surface area (Å²) >= 11 is 0. The van der Waals surface area contributed by atoms with E-state index in [1.165, 1.54) is 0 Å². The number of phenolic OH excluding ortho intramolecular Hbond substituents is 1.